The topological polar surface area (TPSA) is 85.4 Å². The van der Waals surface area contributed by atoms with Gasteiger partial charge in [-0.2, -0.15) is 4.72 Å². The minimum atomic E-state index is -3.89. The number of carbonyl (C=O) groups excluding carboxylic acids is 1. The summed E-state index contributed by atoms with van der Waals surface area (Å²) in [4.78, 5) is 14.6. The lowest BCUT2D eigenvalue weighted by atomic mass is 10.4. The van der Waals surface area contributed by atoms with Gasteiger partial charge in [0.1, 0.15) is 16.1 Å². The molecule has 0 spiro atoms. The third kappa shape index (κ3) is 3.39. The Morgan fingerprint density at radius 2 is 2.24 bits per heavy atom. The molecule has 0 bridgehead atoms. The van der Waals surface area contributed by atoms with Crippen molar-refractivity contribution in [1.29, 1.82) is 0 Å². The van der Waals surface area contributed by atoms with Crippen LogP contribution >= 0.6 is 11.6 Å². The van der Waals surface area contributed by atoms with Crippen molar-refractivity contribution in [2.75, 3.05) is 7.11 Å². The first-order valence-electron chi connectivity index (χ1n) is 4.59. The molecule has 8 heteroatoms. The summed E-state index contributed by atoms with van der Waals surface area (Å²) < 4.78 is 30.2. The minimum Gasteiger partial charge on any atom is -0.468 e. The number of nitrogens with zero attached hydrogens (tertiary/aromatic N) is 1. The van der Waals surface area contributed by atoms with Crippen molar-refractivity contribution in [3.63, 3.8) is 0 Å². The van der Waals surface area contributed by atoms with Crippen LogP contribution in [0.4, 0.5) is 0 Å². The Hall–Kier alpha value is -1.18. The molecule has 0 unspecified atom stereocenters. The van der Waals surface area contributed by atoms with Crippen molar-refractivity contribution in [3.05, 3.63) is 23.5 Å². The lowest BCUT2D eigenvalue weighted by Gasteiger charge is -2.12. The van der Waals surface area contributed by atoms with E-state index in [1.807, 2.05) is 0 Å². The van der Waals surface area contributed by atoms with Gasteiger partial charge in [-0.3, -0.25) is 4.79 Å². The van der Waals surface area contributed by atoms with Gasteiger partial charge in [-0.15, -0.1) is 0 Å². The Labute approximate surface area is 104 Å². The second-order valence-electron chi connectivity index (χ2n) is 3.16. The fraction of sp³-hybridized carbons (Fsp3) is 0.333. The van der Waals surface area contributed by atoms with Crippen LogP contribution in [0.25, 0.3) is 0 Å². The second-order valence-corrected chi connectivity index (χ2v) is 5.20. The third-order valence-corrected chi connectivity index (χ3v) is 3.89. The van der Waals surface area contributed by atoms with Crippen LogP contribution in [0.2, 0.25) is 5.15 Å². The molecule has 1 aromatic rings. The van der Waals surface area contributed by atoms with Crippen molar-refractivity contribution in [2.45, 2.75) is 17.9 Å². The molecule has 1 heterocycles. The molecule has 0 amide bonds. The molecule has 0 saturated heterocycles. The van der Waals surface area contributed by atoms with Crippen molar-refractivity contribution >= 4 is 27.6 Å². The van der Waals surface area contributed by atoms with Gasteiger partial charge >= 0.3 is 5.97 Å². The maximum atomic E-state index is 11.8. The van der Waals surface area contributed by atoms with Gasteiger partial charge in [-0.1, -0.05) is 11.6 Å². The number of carbonyl (C=O) groups is 1. The summed E-state index contributed by atoms with van der Waals surface area (Å²) in [6.45, 7) is 1.37. The molecule has 1 atom stereocenters. The monoisotopic (exact) mass is 278 g/mol. The van der Waals surface area contributed by atoms with Gasteiger partial charge in [-0.25, -0.2) is 13.4 Å². The summed E-state index contributed by atoms with van der Waals surface area (Å²) in [5.41, 5.74) is 0. The number of rotatable bonds is 4. The highest BCUT2D eigenvalue weighted by Crippen LogP contribution is 2.17. The Morgan fingerprint density at radius 3 is 2.76 bits per heavy atom. The number of aromatic nitrogens is 1. The van der Waals surface area contributed by atoms with Crippen molar-refractivity contribution in [2.24, 2.45) is 0 Å². The van der Waals surface area contributed by atoms with E-state index < -0.39 is 22.0 Å². The van der Waals surface area contributed by atoms with Crippen LogP contribution in [0, 0.1) is 0 Å². The number of methoxy groups -OCH3 is 1. The molecule has 1 N–H and O–H groups in total. The first kappa shape index (κ1) is 13.9. The number of pyridine rings is 1. The highest BCUT2D eigenvalue weighted by atomic mass is 35.5. The number of halogens is 1. The average Bonchev–Trinajstić information content (AvgIpc) is 2.27. The highest BCUT2D eigenvalue weighted by Gasteiger charge is 2.24. The molecule has 1 aromatic heterocycles. The maximum Gasteiger partial charge on any atom is 0.323 e. The highest BCUT2D eigenvalue weighted by molar-refractivity contribution is 7.89. The van der Waals surface area contributed by atoms with Crippen LogP contribution in [-0.2, 0) is 19.6 Å². The van der Waals surface area contributed by atoms with Crippen LogP contribution < -0.4 is 4.72 Å². The average molecular weight is 279 g/mol. The molecular formula is C9H11ClN2O4S. The van der Waals surface area contributed by atoms with Gasteiger partial charge in [-0.05, 0) is 19.1 Å². The molecule has 0 fully saturated rings. The second kappa shape index (κ2) is 5.44. The summed E-state index contributed by atoms with van der Waals surface area (Å²) in [6, 6.07) is 1.73. The first-order valence-corrected chi connectivity index (χ1v) is 6.45. The van der Waals surface area contributed by atoms with Crippen molar-refractivity contribution in [1.82, 2.24) is 9.71 Å². The normalized spacial score (nSPS) is 13.1. The van der Waals surface area contributed by atoms with Gasteiger partial charge in [0.05, 0.1) is 7.11 Å². The van der Waals surface area contributed by atoms with E-state index in [1.165, 1.54) is 32.4 Å². The van der Waals surface area contributed by atoms with Gasteiger partial charge in [0.25, 0.3) is 0 Å². The number of hydrogen-bond donors (Lipinski definition) is 1. The van der Waals surface area contributed by atoms with Crippen molar-refractivity contribution < 1.29 is 17.9 Å². The molecule has 0 radical (unpaired) electrons. The van der Waals surface area contributed by atoms with Crippen molar-refractivity contribution in [3.8, 4) is 0 Å². The van der Waals surface area contributed by atoms with E-state index in [-0.39, 0.29) is 10.0 Å². The molecule has 0 aliphatic rings. The fourth-order valence-corrected chi connectivity index (χ4v) is 2.74. The predicted octanol–water partition coefficient (Wildman–Crippen LogP) is 0.575. The number of hydrogen-bond acceptors (Lipinski definition) is 5. The van der Waals surface area contributed by atoms with Gasteiger partial charge in [0.15, 0.2) is 0 Å². The van der Waals surface area contributed by atoms with Crippen LogP contribution in [0.1, 0.15) is 6.92 Å². The smallest absolute Gasteiger partial charge is 0.323 e. The zero-order valence-corrected chi connectivity index (χ0v) is 10.7. The summed E-state index contributed by atoms with van der Waals surface area (Å²) in [5.74, 6) is -0.686. The van der Waals surface area contributed by atoms with E-state index in [2.05, 4.69) is 14.4 Å². The molecule has 0 aliphatic heterocycles. The Morgan fingerprint density at radius 1 is 1.59 bits per heavy atom. The minimum absolute atomic E-state index is 0.155. The standard InChI is InChI=1S/C9H11ClN2O4S/c1-6(9(13)16-2)12-17(14,15)7-4-3-5-11-8(7)10/h3-6,12H,1-2H3/t6-/m0/s1. The predicted molar refractivity (Wildman–Crippen MR) is 61.0 cm³/mol. The molecule has 1 rings (SSSR count). The zero-order chi connectivity index (χ0) is 13.1. The SMILES string of the molecule is COC(=O)[C@H](C)NS(=O)(=O)c1cccnc1Cl. The Bertz CT molecular complexity index is 517. The Kier molecular flexibility index (Phi) is 4.44. The van der Waals surface area contributed by atoms with Crippen LogP contribution in [0.3, 0.4) is 0 Å². The van der Waals surface area contributed by atoms with E-state index in [4.69, 9.17) is 11.6 Å². The van der Waals surface area contributed by atoms with E-state index in [1.54, 1.807) is 0 Å². The van der Waals surface area contributed by atoms with E-state index in [9.17, 15) is 13.2 Å². The number of esters is 1. The third-order valence-electron chi connectivity index (χ3n) is 1.90. The summed E-state index contributed by atoms with van der Waals surface area (Å²) in [7, 11) is -2.72. The van der Waals surface area contributed by atoms with Gasteiger partial charge in [0.2, 0.25) is 10.0 Å². The largest absolute Gasteiger partial charge is 0.468 e. The van der Waals surface area contributed by atoms with E-state index in [0.717, 1.165) is 0 Å². The molecule has 6 nitrogen and oxygen atoms in total. The molecule has 0 aromatic carbocycles. The lowest BCUT2D eigenvalue weighted by molar-refractivity contribution is -0.142. The molecule has 0 saturated carbocycles. The van der Waals surface area contributed by atoms with Gasteiger partial charge in [0, 0.05) is 6.20 Å². The quantitative estimate of drug-likeness (QED) is 0.643. The number of sulfonamides is 1. The molecular weight excluding hydrogens is 268 g/mol. The molecule has 0 aliphatic carbocycles. The summed E-state index contributed by atoms with van der Waals surface area (Å²) in [5, 5.41) is -0.155. The summed E-state index contributed by atoms with van der Waals surface area (Å²) in [6.07, 6.45) is 1.37. The summed E-state index contributed by atoms with van der Waals surface area (Å²) >= 11 is 5.66. The number of ether oxygens (including phenoxy) is 1. The van der Waals surface area contributed by atoms with Crippen LogP contribution in [0.15, 0.2) is 23.2 Å². The fourth-order valence-electron chi connectivity index (χ4n) is 1.09. The lowest BCUT2D eigenvalue weighted by Crippen LogP contribution is -2.39. The van der Waals surface area contributed by atoms with Crippen LogP contribution in [-0.4, -0.2) is 32.5 Å². The first-order chi connectivity index (χ1) is 7.88. The van der Waals surface area contributed by atoms with Gasteiger partial charge < -0.3 is 4.74 Å². The molecule has 94 valence electrons. The Balaban J connectivity index is 2.98. The zero-order valence-electron chi connectivity index (χ0n) is 9.18. The molecule has 17 heavy (non-hydrogen) atoms. The van der Waals surface area contributed by atoms with E-state index >= 15 is 0 Å². The maximum absolute atomic E-state index is 11.8. The van der Waals surface area contributed by atoms with Crippen LogP contribution in [0.5, 0.6) is 0 Å². The number of nitrogens with one attached hydrogen (secondary N) is 1. The van der Waals surface area contributed by atoms with E-state index in [0.29, 0.717) is 0 Å².